The average Bonchev–Trinajstić information content (AvgIpc) is 2.92. The zero-order valence-electron chi connectivity index (χ0n) is 11.3. The molecule has 1 N–H and O–H groups in total. The maximum absolute atomic E-state index is 12.5. The van der Waals surface area contributed by atoms with Crippen LogP contribution >= 0.6 is 0 Å². The van der Waals surface area contributed by atoms with Crippen molar-refractivity contribution >= 4 is 5.91 Å². The fourth-order valence-electron chi connectivity index (χ4n) is 4.18. The van der Waals surface area contributed by atoms with Gasteiger partial charge < -0.3 is 10.0 Å². The molecule has 0 aromatic rings. The van der Waals surface area contributed by atoms with Crippen molar-refractivity contribution in [2.24, 2.45) is 23.7 Å². The van der Waals surface area contributed by atoms with Gasteiger partial charge in [0, 0.05) is 24.9 Å². The number of amides is 1. The van der Waals surface area contributed by atoms with E-state index in [1.54, 1.807) is 0 Å². The Labute approximate surface area is 110 Å². The first-order valence-electron chi connectivity index (χ1n) is 7.62. The second-order valence-electron chi connectivity index (χ2n) is 6.77. The summed E-state index contributed by atoms with van der Waals surface area (Å²) in [5, 5.41) is 9.91. The van der Waals surface area contributed by atoms with Crippen LogP contribution in [0, 0.1) is 23.7 Å². The van der Waals surface area contributed by atoms with E-state index in [-0.39, 0.29) is 12.0 Å². The molecule has 1 aliphatic heterocycles. The monoisotopic (exact) mass is 251 g/mol. The summed E-state index contributed by atoms with van der Waals surface area (Å²) in [4.78, 5) is 14.5. The second kappa shape index (κ2) is 4.84. The maximum atomic E-state index is 12.5. The molecule has 0 aromatic carbocycles. The van der Waals surface area contributed by atoms with E-state index < -0.39 is 0 Å². The van der Waals surface area contributed by atoms with Crippen molar-refractivity contribution in [3.8, 4) is 0 Å². The maximum Gasteiger partial charge on any atom is 0.225 e. The Morgan fingerprint density at radius 3 is 2.44 bits per heavy atom. The first-order chi connectivity index (χ1) is 8.65. The minimum absolute atomic E-state index is 0.154. The van der Waals surface area contributed by atoms with Gasteiger partial charge in [0.2, 0.25) is 5.91 Å². The van der Waals surface area contributed by atoms with Crippen LogP contribution in [0.2, 0.25) is 0 Å². The van der Waals surface area contributed by atoms with Gasteiger partial charge in [-0.25, -0.2) is 0 Å². The van der Waals surface area contributed by atoms with Crippen LogP contribution in [0.25, 0.3) is 0 Å². The Morgan fingerprint density at radius 2 is 1.78 bits per heavy atom. The van der Waals surface area contributed by atoms with Crippen molar-refractivity contribution in [1.29, 1.82) is 0 Å². The second-order valence-corrected chi connectivity index (χ2v) is 6.77. The topological polar surface area (TPSA) is 40.5 Å². The highest BCUT2D eigenvalue weighted by Crippen LogP contribution is 2.39. The van der Waals surface area contributed by atoms with Gasteiger partial charge in [-0.15, -0.1) is 0 Å². The molecular formula is C15H25NO2. The van der Waals surface area contributed by atoms with Gasteiger partial charge in [-0.1, -0.05) is 6.92 Å². The van der Waals surface area contributed by atoms with Crippen LogP contribution in [0.15, 0.2) is 0 Å². The fraction of sp³-hybridized carbons (Fsp3) is 0.933. The number of nitrogens with zero attached hydrogens (tertiary/aromatic N) is 1. The lowest BCUT2D eigenvalue weighted by Gasteiger charge is -2.29. The number of aliphatic hydroxyl groups excluding tert-OH is 1. The summed E-state index contributed by atoms with van der Waals surface area (Å²) < 4.78 is 0. The van der Waals surface area contributed by atoms with Crippen molar-refractivity contribution < 1.29 is 9.90 Å². The van der Waals surface area contributed by atoms with E-state index in [2.05, 4.69) is 11.8 Å². The zero-order valence-corrected chi connectivity index (χ0v) is 11.3. The molecule has 1 heterocycles. The highest BCUT2D eigenvalue weighted by atomic mass is 16.3. The van der Waals surface area contributed by atoms with Gasteiger partial charge in [-0.2, -0.15) is 0 Å². The molecule has 3 atom stereocenters. The third kappa shape index (κ3) is 2.18. The van der Waals surface area contributed by atoms with Gasteiger partial charge in [-0.05, 0) is 50.4 Å². The van der Waals surface area contributed by atoms with Crippen LogP contribution in [0.4, 0.5) is 0 Å². The normalized spacial score (nSPS) is 44.1. The minimum atomic E-state index is -0.154. The molecule has 3 unspecified atom stereocenters. The van der Waals surface area contributed by atoms with Crippen LogP contribution in [-0.2, 0) is 4.79 Å². The number of fused-ring (bicyclic) bond motifs is 1. The molecule has 18 heavy (non-hydrogen) atoms. The van der Waals surface area contributed by atoms with Crippen molar-refractivity contribution in [3.63, 3.8) is 0 Å². The number of carbonyl (C=O) groups excluding carboxylic acids is 1. The quantitative estimate of drug-likeness (QED) is 0.775. The first-order valence-corrected chi connectivity index (χ1v) is 7.62. The number of likely N-dealkylation sites (tertiary alicyclic amines) is 1. The van der Waals surface area contributed by atoms with Crippen LogP contribution in [0.1, 0.15) is 45.4 Å². The Morgan fingerprint density at radius 1 is 1.06 bits per heavy atom. The molecule has 3 heteroatoms. The molecule has 102 valence electrons. The predicted octanol–water partition coefficient (Wildman–Crippen LogP) is 2.04. The molecule has 0 bridgehead atoms. The van der Waals surface area contributed by atoms with Crippen molar-refractivity contribution in [3.05, 3.63) is 0 Å². The number of hydrogen-bond donors (Lipinski definition) is 1. The lowest BCUT2D eigenvalue weighted by molar-refractivity contribution is -0.136. The van der Waals surface area contributed by atoms with Crippen LogP contribution in [0.5, 0.6) is 0 Å². The average molecular weight is 251 g/mol. The third-order valence-corrected chi connectivity index (χ3v) is 5.50. The lowest BCUT2D eigenvalue weighted by atomic mass is 9.82. The molecule has 3 rings (SSSR count). The molecule has 0 aromatic heterocycles. The molecule has 1 amide bonds. The first kappa shape index (κ1) is 12.5. The highest BCUT2D eigenvalue weighted by Gasteiger charge is 2.44. The molecule has 0 spiro atoms. The number of aliphatic hydroxyl groups is 1. The number of carbonyl (C=O) groups is 1. The van der Waals surface area contributed by atoms with E-state index in [1.807, 2.05) is 0 Å². The van der Waals surface area contributed by atoms with Gasteiger partial charge in [0.1, 0.15) is 0 Å². The summed E-state index contributed by atoms with van der Waals surface area (Å²) in [6.45, 7) is 4.01. The summed E-state index contributed by atoms with van der Waals surface area (Å²) in [6.07, 6.45) is 6.47. The minimum Gasteiger partial charge on any atom is -0.393 e. The summed E-state index contributed by atoms with van der Waals surface area (Å²) >= 11 is 0. The van der Waals surface area contributed by atoms with E-state index in [0.717, 1.165) is 44.7 Å². The largest absolute Gasteiger partial charge is 0.393 e. The van der Waals surface area contributed by atoms with Crippen molar-refractivity contribution in [2.75, 3.05) is 13.1 Å². The fourth-order valence-corrected chi connectivity index (χ4v) is 4.18. The van der Waals surface area contributed by atoms with Gasteiger partial charge in [0.15, 0.2) is 0 Å². The molecule has 3 aliphatic rings. The highest BCUT2D eigenvalue weighted by molar-refractivity contribution is 5.79. The standard InChI is InChI=1S/C15H25NO2/c1-10-2-4-11(5-3-10)15(18)16-8-12-6-7-14(17)13(12)9-16/h10-14,17H,2-9H2,1H3. The van der Waals surface area contributed by atoms with E-state index in [0.29, 0.717) is 17.7 Å². The van der Waals surface area contributed by atoms with Crippen LogP contribution < -0.4 is 0 Å². The molecular weight excluding hydrogens is 226 g/mol. The van der Waals surface area contributed by atoms with Crippen molar-refractivity contribution in [2.45, 2.75) is 51.6 Å². The molecule has 3 fully saturated rings. The van der Waals surface area contributed by atoms with E-state index in [9.17, 15) is 9.90 Å². The predicted molar refractivity (Wildman–Crippen MR) is 69.9 cm³/mol. The van der Waals surface area contributed by atoms with Crippen LogP contribution in [0.3, 0.4) is 0 Å². The van der Waals surface area contributed by atoms with Gasteiger partial charge in [0.25, 0.3) is 0 Å². The van der Waals surface area contributed by atoms with E-state index in [1.165, 1.54) is 12.8 Å². The molecule has 2 saturated carbocycles. The Bertz CT molecular complexity index is 322. The SMILES string of the molecule is CC1CCC(C(=O)N2CC3CCC(O)C3C2)CC1. The summed E-state index contributed by atoms with van der Waals surface area (Å²) in [5.74, 6) is 2.40. The Kier molecular flexibility index (Phi) is 3.35. The molecule has 3 nitrogen and oxygen atoms in total. The Hall–Kier alpha value is -0.570. The third-order valence-electron chi connectivity index (χ3n) is 5.50. The molecule has 1 saturated heterocycles. The van der Waals surface area contributed by atoms with Crippen LogP contribution in [-0.4, -0.2) is 35.1 Å². The Balaban J connectivity index is 1.58. The van der Waals surface area contributed by atoms with Gasteiger partial charge >= 0.3 is 0 Å². The smallest absolute Gasteiger partial charge is 0.225 e. The summed E-state index contributed by atoms with van der Waals surface area (Å²) in [7, 11) is 0. The zero-order chi connectivity index (χ0) is 12.7. The van der Waals surface area contributed by atoms with E-state index in [4.69, 9.17) is 0 Å². The number of rotatable bonds is 1. The molecule has 0 radical (unpaired) electrons. The summed E-state index contributed by atoms with van der Waals surface area (Å²) in [6, 6.07) is 0. The van der Waals surface area contributed by atoms with Gasteiger partial charge in [0.05, 0.1) is 6.10 Å². The molecule has 2 aliphatic carbocycles. The lowest BCUT2D eigenvalue weighted by Crippen LogP contribution is -2.37. The number of hydrogen-bond acceptors (Lipinski definition) is 2. The van der Waals surface area contributed by atoms with Gasteiger partial charge in [-0.3, -0.25) is 4.79 Å². The van der Waals surface area contributed by atoms with E-state index >= 15 is 0 Å². The summed E-state index contributed by atoms with van der Waals surface area (Å²) in [5.41, 5.74) is 0. The van der Waals surface area contributed by atoms with Crippen molar-refractivity contribution in [1.82, 2.24) is 4.90 Å².